The third-order valence-electron chi connectivity index (χ3n) is 3.11. The Morgan fingerprint density at radius 1 is 1.42 bits per heavy atom. The van der Waals surface area contributed by atoms with Crippen LogP contribution >= 0.6 is 11.8 Å². The van der Waals surface area contributed by atoms with Crippen molar-refractivity contribution in [3.05, 3.63) is 29.3 Å². The summed E-state index contributed by atoms with van der Waals surface area (Å²) in [5.74, 6) is -1.55. The molecule has 1 aliphatic heterocycles. The van der Waals surface area contributed by atoms with Gasteiger partial charge in [0.25, 0.3) is 5.91 Å². The van der Waals surface area contributed by atoms with E-state index in [2.05, 4.69) is 5.32 Å². The predicted molar refractivity (Wildman–Crippen MR) is 73.2 cm³/mol. The van der Waals surface area contributed by atoms with Crippen LogP contribution in [0.5, 0.6) is 0 Å². The van der Waals surface area contributed by atoms with E-state index < -0.39 is 23.1 Å². The number of carbonyl (C=O) groups is 1. The highest BCUT2D eigenvalue weighted by Gasteiger charge is 2.21. The van der Waals surface area contributed by atoms with Crippen molar-refractivity contribution < 1.29 is 13.6 Å². The van der Waals surface area contributed by atoms with Gasteiger partial charge in [-0.05, 0) is 30.7 Å². The van der Waals surface area contributed by atoms with Gasteiger partial charge < -0.3 is 11.1 Å². The third-order valence-corrected chi connectivity index (χ3v) is 4.51. The average Bonchev–Trinajstić information content (AvgIpc) is 2.42. The van der Waals surface area contributed by atoms with Gasteiger partial charge in [-0.15, -0.1) is 0 Å². The van der Waals surface area contributed by atoms with E-state index in [-0.39, 0.29) is 5.69 Å². The smallest absolute Gasteiger partial charge is 0.257 e. The van der Waals surface area contributed by atoms with Crippen LogP contribution in [0.25, 0.3) is 0 Å². The minimum Gasteiger partial charge on any atom is -0.396 e. The molecule has 1 saturated heterocycles. The summed E-state index contributed by atoms with van der Waals surface area (Å²) < 4.78 is 27.1. The van der Waals surface area contributed by atoms with Crippen molar-refractivity contribution in [3.8, 4) is 0 Å². The number of anilines is 1. The summed E-state index contributed by atoms with van der Waals surface area (Å²) in [7, 11) is 0. The minimum atomic E-state index is -0.992. The van der Waals surface area contributed by atoms with Gasteiger partial charge in [-0.1, -0.05) is 6.42 Å². The molecule has 1 aliphatic rings. The van der Waals surface area contributed by atoms with Gasteiger partial charge >= 0.3 is 0 Å². The van der Waals surface area contributed by atoms with Crippen LogP contribution < -0.4 is 11.1 Å². The molecule has 0 saturated carbocycles. The third kappa shape index (κ3) is 3.37. The Labute approximate surface area is 114 Å². The molecule has 1 aromatic rings. The quantitative estimate of drug-likeness (QED) is 0.840. The summed E-state index contributed by atoms with van der Waals surface area (Å²) >= 11 is 1.79. The highest BCUT2D eigenvalue weighted by atomic mass is 32.2. The molecular formula is C13H16F2N2OS. The van der Waals surface area contributed by atoms with Crippen molar-refractivity contribution in [2.45, 2.75) is 24.5 Å². The Hall–Kier alpha value is -1.30. The first-order valence-electron chi connectivity index (χ1n) is 6.23. The summed E-state index contributed by atoms with van der Waals surface area (Å²) in [6, 6.07) is 2.11. The van der Waals surface area contributed by atoms with Crippen LogP contribution in [0.2, 0.25) is 0 Å². The number of thioether (sulfide) groups is 1. The van der Waals surface area contributed by atoms with Crippen molar-refractivity contribution in [1.82, 2.24) is 5.32 Å². The van der Waals surface area contributed by atoms with Gasteiger partial charge in [-0.3, -0.25) is 4.79 Å². The zero-order valence-electron chi connectivity index (χ0n) is 10.4. The van der Waals surface area contributed by atoms with Crippen LogP contribution in [0.3, 0.4) is 0 Å². The highest BCUT2D eigenvalue weighted by molar-refractivity contribution is 7.99. The van der Waals surface area contributed by atoms with Crippen molar-refractivity contribution in [2.24, 2.45) is 0 Å². The molecule has 0 aliphatic carbocycles. The highest BCUT2D eigenvalue weighted by Crippen LogP contribution is 2.24. The zero-order chi connectivity index (χ0) is 13.8. The topological polar surface area (TPSA) is 55.1 Å². The van der Waals surface area contributed by atoms with Gasteiger partial charge in [0, 0.05) is 11.8 Å². The number of amides is 1. The first kappa shape index (κ1) is 14.1. The first-order valence-corrected chi connectivity index (χ1v) is 7.27. The summed E-state index contributed by atoms with van der Waals surface area (Å²) in [5.41, 5.74) is 4.52. The maximum atomic E-state index is 13.6. The number of hydrogen-bond acceptors (Lipinski definition) is 3. The number of carbonyl (C=O) groups excluding carboxylic acids is 1. The maximum Gasteiger partial charge on any atom is 0.257 e. The standard InChI is InChI=1S/C13H16F2N2OS/c14-9-4-5-10(16)12(15)11(9)13(18)17-7-8-3-1-2-6-19-8/h4-5,8H,1-3,6-7,16H2,(H,17,18). The second kappa shape index (κ2) is 6.23. The molecule has 1 amide bonds. The van der Waals surface area contributed by atoms with Crippen LogP contribution in [0.1, 0.15) is 29.6 Å². The molecule has 6 heteroatoms. The Kier molecular flexibility index (Phi) is 4.63. The van der Waals surface area contributed by atoms with Crippen molar-refractivity contribution in [2.75, 3.05) is 18.0 Å². The van der Waals surface area contributed by atoms with Crippen molar-refractivity contribution in [1.29, 1.82) is 0 Å². The Morgan fingerprint density at radius 3 is 2.89 bits per heavy atom. The lowest BCUT2D eigenvalue weighted by Gasteiger charge is -2.21. The fraction of sp³-hybridized carbons (Fsp3) is 0.462. The second-order valence-corrected chi connectivity index (χ2v) is 5.93. The molecule has 1 atom stereocenters. The molecule has 1 fully saturated rings. The number of benzene rings is 1. The van der Waals surface area contributed by atoms with Crippen LogP contribution in [0, 0.1) is 11.6 Å². The largest absolute Gasteiger partial charge is 0.396 e. The summed E-state index contributed by atoms with van der Waals surface area (Å²) in [5, 5.41) is 2.91. The summed E-state index contributed by atoms with van der Waals surface area (Å²) in [6.45, 7) is 0.428. The summed E-state index contributed by atoms with van der Waals surface area (Å²) in [4.78, 5) is 11.8. The zero-order valence-corrected chi connectivity index (χ0v) is 11.2. The lowest BCUT2D eigenvalue weighted by atomic mass is 10.1. The number of nitrogen functional groups attached to an aromatic ring is 1. The molecule has 1 unspecified atom stereocenters. The molecule has 1 aromatic carbocycles. The van der Waals surface area contributed by atoms with Crippen LogP contribution in [0.4, 0.5) is 14.5 Å². The predicted octanol–water partition coefficient (Wildman–Crippen LogP) is 2.56. The Balaban J connectivity index is 2.01. The molecule has 3 N–H and O–H groups in total. The van der Waals surface area contributed by atoms with E-state index in [0.717, 1.165) is 30.7 Å². The lowest BCUT2D eigenvalue weighted by molar-refractivity contribution is 0.0945. The maximum absolute atomic E-state index is 13.6. The number of halogens is 2. The van der Waals surface area contributed by atoms with E-state index in [1.165, 1.54) is 6.42 Å². The number of rotatable bonds is 3. The molecule has 104 valence electrons. The Morgan fingerprint density at radius 2 is 2.21 bits per heavy atom. The Bertz CT molecular complexity index is 476. The number of hydrogen-bond donors (Lipinski definition) is 2. The molecule has 19 heavy (non-hydrogen) atoms. The van der Waals surface area contributed by atoms with E-state index in [9.17, 15) is 13.6 Å². The van der Waals surface area contributed by atoms with Gasteiger partial charge in [0.2, 0.25) is 0 Å². The molecule has 3 nitrogen and oxygen atoms in total. The normalized spacial score (nSPS) is 19.2. The molecule has 0 radical (unpaired) electrons. The van der Waals surface area contributed by atoms with E-state index in [0.29, 0.717) is 11.8 Å². The van der Waals surface area contributed by atoms with Crippen LogP contribution in [-0.2, 0) is 0 Å². The summed E-state index contributed by atoms with van der Waals surface area (Å²) in [6.07, 6.45) is 3.34. The molecule has 0 spiro atoms. The number of nitrogens with two attached hydrogens (primary N) is 1. The van der Waals surface area contributed by atoms with Crippen LogP contribution in [-0.4, -0.2) is 23.5 Å². The van der Waals surface area contributed by atoms with Crippen LogP contribution in [0.15, 0.2) is 12.1 Å². The van der Waals surface area contributed by atoms with E-state index in [4.69, 9.17) is 5.73 Å². The van der Waals surface area contributed by atoms with E-state index >= 15 is 0 Å². The van der Waals surface area contributed by atoms with E-state index in [1.54, 1.807) is 11.8 Å². The molecule has 1 heterocycles. The lowest BCUT2D eigenvalue weighted by Crippen LogP contribution is -2.33. The van der Waals surface area contributed by atoms with Gasteiger partial charge in [-0.25, -0.2) is 8.78 Å². The monoisotopic (exact) mass is 286 g/mol. The van der Waals surface area contributed by atoms with Crippen molar-refractivity contribution >= 4 is 23.4 Å². The van der Waals surface area contributed by atoms with E-state index in [1.807, 2.05) is 0 Å². The fourth-order valence-electron chi connectivity index (χ4n) is 2.04. The number of nitrogens with one attached hydrogen (secondary N) is 1. The molecule has 0 aromatic heterocycles. The first-order chi connectivity index (χ1) is 9.09. The van der Waals surface area contributed by atoms with Gasteiger partial charge in [0.1, 0.15) is 11.4 Å². The SMILES string of the molecule is Nc1ccc(F)c(C(=O)NCC2CCCCS2)c1F. The molecule has 2 rings (SSSR count). The van der Waals surface area contributed by atoms with Gasteiger partial charge in [0.15, 0.2) is 5.82 Å². The molecule has 0 bridgehead atoms. The van der Waals surface area contributed by atoms with Crippen molar-refractivity contribution in [3.63, 3.8) is 0 Å². The van der Waals surface area contributed by atoms with Gasteiger partial charge in [-0.2, -0.15) is 11.8 Å². The second-order valence-electron chi connectivity index (χ2n) is 4.52. The van der Waals surface area contributed by atoms with Gasteiger partial charge in [0.05, 0.1) is 5.69 Å². The average molecular weight is 286 g/mol. The molecular weight excluding hydrogens is 270 g/mol. The minimum absolute atomic E-state index is 0.224. The fourth-order valence-corrected chi connectivity index (χ4v) is 3.28.